The van der Waals surface area contributed by atoms with Crippen molar-refractivity contribution in [3.05, 3.63) is 47.3 Å². The molecule has 1 aliphatic rings. The molecule has 0 radical (unpaired) electrons. The molecule has 0 bridgehead atoms. The maximum Gasteiger partial charge on any atom is 0.221 e. The number of carbonyl (C=O) groups is 1. The summed E-state index contributed by atoms with van der Waals surface area (Å²) in [6.07, 6.45) is 7.62. The second-order valence-electron chi connectivity index (χ2n) is 8.01. The molecule has 5 heteroatoms. The summed E-state index contributed by atoms with van der Waals surface area (Å²) in [5.74, 6) is 1.00. The van der Waals surface area contributed by atoms with E-state index < -0.39 is 0 Å². The fraction of sp³-hybridized carbons (Fsp3) is 0.524. The van der Waals surface area contributed by atoms with E-state index in [9.17, 15) is 4.79 Å². The van der Waals surface area contributed by atoms with E-state index in [0.29, 0.717) is 6.42 Å². The van der Waals surface area contributed by atoms with Crippen molar-refractivity contribution >= 4 is 17.7 Å². The molecule has 0 saturated carbocycles. The Kier molecular flexibility index (Phi) is 5.76. The van der Waals surface area contributed by atoms with Gasteiger partial charge in [0, 0.05) is 23.4 Å². The molecule has 0 unspecified atom stereocenters. The first-order valence-corrected chi connectivity index (χ1v) is 10.8. The summed E-state index contributed by atoms with van der Waals surface area (Å²) in [6, 6.07) is 8.76. The van der Waals surface area contributed by atoms with Crippen LogP contribution < -0.4 is 5.32 Å². The van der Waals surface area contributed by atoms with Crippen LogP contribution in [0.3, 0.4) is 0 Å². The summed E-state index contributed by atoms with van der Waals surface area (Å²) in [5, 5.41) is 7.84. The largest absolute Gasteiger partial charge is 0.349 e. The zero-order valence-electron chi connectivity index (χ0n) is 16.2. The van der Waals surface area contributed by atoms with Crippen LogP contribution in [0.1, 0.15) is 62.9 Å². The predicted octanol–water partition coefficient (Wildman–Crippen LogP) is 4.42. The number of nitrogens with zero attached hydrogens (tertiary/aromatic N) is 2. The Hall–Kier alpha value is -1.75. The molecule has 4 nitrogen and oxygen atoms in total. The van der Waals surface area contributed by atoms with Crippen molar-refractivity contribution in [2.24, 2.45) is 0 Å². The summed E-state index contributed by atoms with van der Waals surface area (Å²) >= 11 is 1.70. The number of nitrogens with one attached hydrogen (secondary N) is 1. The SMILES string of the molecule is CSCCC(=O)N[C@@H]1CCCc2c1cnn2-c1ccc(C(C)(C)C)cc1. The van der Waals surface area contributed by atoms with E-state index in [2.05, 4.69) is 55.5 Å². The average molecular weight is 372 g/mol. The lowest BCUT2D eigenvalue weighted by Crippen LogP contribution is -2.31. The third-order valence-corrected chi connectivity index (χ3v) is 5.64. The first kappa shape index (κ1) is 19.0. The van der Waals surface area contributed by atoms with Crippen LogP contribution in [0.4, 0.5) is 0 Å². The van der Waals surface area contributed by atoms with Gasteiger partial charge in [-0.15, -0.1) is 0 Å². The van der Waals surface area contributed by atoms with E-state index in [1.807, 2.05) is 17.1 Å². The van der Waals surface area contributed by atoms with Gasteiger partial charge in [-0.3, -0.25) is 4.79 Å². The smallest absolute Gasteiger partial charge is 0.221 e. The zero-order chi connectivity index (χ0) is 18.7. The topological polar surface area (TPSA) is 46.9 Å². The van der Waals surface area contributed by atoms with Crippen molar-refractivity contribution in [3.63, 3.8) is 0 Å². The Morgan fingerprint density at radius 2 is 2.04 bits per heavy atom. The van der Waals surface area contributed by atoms with Gasteiger partial charge in [-0.2, -0.15) is 16.9 Å². The molecule has 0 saturated heterocycles. The summed E-state index contributed by atoms with van der Waals surface area (Å²) in [4.78, 5) is 12.1. The lowest BCUT2D eigenvalue weighted by Gasteiger charge is -2.24. The van der Waals surface area contributed by atoms with Crippen molar-refractivity contribution in [2.45, 2.75) is 57.9 Å². The minimum absolute atomic E-state index is 0.0932. The van der Waals surface area contributed by atoms with Crippen LogP contribution in [0.5, 0.6) is 0 Å². The van der Waals surface area contributed by atoms with Crippen LogP contribution in [-0.2, 0) is 16.6 Å². The molecule has 1 heterocycles. The van der Waals surface area contributed by atoms with Gasteiger partial charge in [0.25, 0.3) is 0 Å². The number of amides is 1. The van der Waals surface area contributed by atoms with E-state index in [4.69, 9.17) is 0 Å². The normalized spacial score (nSPS) is 17.0. The van der Waals surface area contributed by atoms with Gasteiger partial charge in [0.2, 0.25) is 5.91 Å². The number of aromatic nitrogens is 2. The first-order valence-electron chi connectivity index (χ1n) is 9.36. The van der Waals surface area contributed by atoms with Crippen molar-refractivity contribution in [3.8, 4) is 5.69 Å². The Bertz CT molecular complexity index is 759. The summed E-state index contributed by atoms with van der Waals surface area (Å²) in [7, 11) is 0. The van der Waals surface area contributed by atoms with E-state index in [1.165, 1.54) is 16.8 Å². The molecule has 1 aliphatic carbocycles. The van der Waals surface area contributed by atoms with Gasteiger partial charge in [-0.1, -0.05) is 32.9 Å². The molecule has 1 aromatic heterocycles. The van der Waals surface area contributed by atoms with E-state index in [0.717, 1.165) is 30.7 Å². The molecule has 1 N–H and O–H groups in total. The molecular weight excluding hydrogens is 342 g/mol. The van der Waals surface area contributed by atoms with Crippen molar-refractivity contribution in [2.75, 3.05) is 12.0 Å². The molecule has 1 aromatic carbocycles. The van der Waals surface area contributed by atoms with E-state index in [-0.39, 0.29) is 17.4 Å². The fourth-order valence-electron chi connectivity index (χ4n) is 3.49. The van der Waals surface area contributed by atoms with E-state index >= 15 is 0 Å². The molecule has 26 heavy (non-hydrogen) atoms. The average Bonchev–Trinajstić information content (AvgIpc) is 3.04. The monoisotopic (exact) mass is 371 g/mol. The second-order valence-corrected chi connectivity index (χ2v) is 9.00. The van der Waals surface area contributed by atoms with Crippen LogP contribution in [0.2, 0.25) is 0 Å². The molecule has 0 spiro atoms. The highest BCUT2D eigenvalue weighted by Gasteiger charge is 2.26. The minimum atomic E-state index is 0.0932. The van der Waals surface area contributed by atoms with Gasteiger partial charge in [0.1, 0.15) is 0 Å². The molecule has 1 atom stereocenters. The van der Waals surface area contributed by atoms with Crippen molar-refractivity contribution < 1.29 is 4.79 Å². The van der Waals surface area contributed by atoms with Gasteiger partial charge in [-0.25, -0.2) is 4.68 Å². The highest BCUT2D eigenvalue weighted by molar-refractivity contribution is 7.98. The second kappa shape index (κ2) is 7.87. The molecule has 3 rings (SSSR count). The highest BCUT2D eigenvalue weighted by Crippen LogP contribution is 2.31. The Labute approximate surface area is 160 Å². The standard InChI is InChI=1S/C21H29N3OS/c1-21(2,3)15-8-10-16(11-9-15)24-19-7-5-6-18(17(19)14-22-24)23-20(25)12-13-26-4/h8-11,14,18H,5-7,12-13H2,1-4H3,(H,23,25)/t18-/m1/s1. The lowest BCUT2D eigenvalue weighted by molar-refractivity contribution is -0.121. The highest BCUT2D eigenvalue weighted by atomic mass is 32.2. The molecular formula is C21H29N3OS. The van der Waals surface area contributed by atoms with Gasteiger partial charge < -0.3 is 5.32 Å². The number of fused-ring (bicyclic) bond motifs is 1. The molecule has 2 aromatic rings. The van der Waals surface area contributed by atoms with Crippen molar-refractivity contribution in [1.82, 2.24) is 15.1 Å². The predicted molar refractivity (Wildman–Crippen MR) is 109 cm³/mol. The number of thioether (sulfide) groups is 1. The summed E-state index contributed by atoms with van der Waals surface area (Å²) < 4.78 is 2.04. The number of benzene rings is 1. The molecule has 140 valence electrons. The quantitative estimate of drug-likeness (QED) is 0.846. The van der Waals surface area contributed by atoms with Crippen LogP contribution >= 0.6 is 11.8 Å². The molecule has 0 fully saturated rings. The number of hydrogen-bond acceptors (Lipinski definition) is 3. The lowest BCUT2D eigenvalue weighted by atomic mass is 9.87. The fourth-order valence-corrected chi connectivity index (χ4v) is 3.88. The van der Waals surface area contributed by atoms with Crippen LogP contribution in [0, 0.1) is 0 Å². The van der Waals surface area contributed by atoms with E-state index in [1.54, 1.807) is 11.8 Å². The first-order chi connectivity index (χ1) is 12.4. The maximum absolute atomic E-state index is 12.1. The summed E-state index contributed by atoms with van der Waals surface area (Å²) in [6.45, 7) is 6.67. The third-order valence-electron chi connectivity index (χ3n) is 5.03. The van der Waals surface area contributed by atoms with Gasteiger partial charge in [-0.05, 0) is 48.6 Å². The Morgan fingerprint density at radius 1 is 1.31 bits per heavy atom. The Balaban J connectivity index is 1.81. The zero-order valence-corrected chi connectivity index (χ0v) is 17.0. The third kappa shape index (κ3) is 4.14. The van der Waals surface area contributed by atoms with Gasteiger partial charge >= 0.3 is 0 Å². The van der Waals surface area contributed by atoms with Crippen LogP contribution in [0.15, 0.2) is 30.5 Å². The molecule has 1 amide bonds. The molecule has 0 aliphatic heterocycles. The maximum atomic E-state index is 12.1. The summed E-state index contributed by atoms with van der Waals surface area (Å²) in [5.41, 5.74) is 4.97. The number of carbonyl (C=O) groups excluding carboxylic acids is 1. The minimum Gasteiger partial charge on any atom is -0.349 e. The Morgan fingerprint density at radius 3 is 2.69 bits per heavy atom. The van der Waals surface area contributed by atoms with Crippen LogP contribution in [-0.4, -0.2) is 27.7 Å². The van der Waals surface area contributed by atoms with Gasteiger partial charge in [0.15, 0.2) is 0 Å². The van der Waals surface area contributed by atoms with Gasteiger partial charge in [0.05, 0.1) is 17.9 Å². The van der Waals surface area contributed by atoms with Crippen molar-refractivity contribution in [1.29, 1.82) is 0 Å². The number of hydrogen-bond donors (Lipinski definition) is 1. The van der Waals surface area contributed by atoms with Crippen LogP contribution in [0.25, 0.3) is 5.69 Å². The number of rotatable bonds is 5.